The van der Waals surface area contributed by atoms with Gasteiger partial charge in [-0.05, 0) is 49.1 Å². The Kier molecular flexibility index (Phi) is 6.41. The normalized spacial score (nSPS) is 19.7. The first-order valence-electron chi connectivity index (χ1n) is 12.0. The highest BCUT2D eigenvalue weighted by atomic mass is 16.2. The molecule has 0 aliphatic carbocycles. The Balaban J connectivity index is 1.29. The van der Waals surface area contributed by atoms with Crippen LogP contribution >= 0.6 is 0 Å². The fourth-order valence-electron chi connectivity index (χ4n) is 5.12. The van der Waals surface area contributed by atoms with Crippen molar-refractivity contribution in [3.63, 3.8) is 0 Å². The molecule has 2 aliphatic heterocycles. The lowest BCUT2D eigenvalue weighted by Crippen LogP contribution is -2.46. The summed E-state index contributed by atoms with van der Waals surface area (Å²) in [5.41, 5.74) is 4.93. The zero-order chi connectivity index (χ0) is 23.5. The van der Waals surface area contributed by atoms with E-state index in [1.54, 1.807) is 18.5 Å². The Bertz CT molecular complexity index is 1160. The van der Waals surface area contributed by atoms with E-state index in [2.05, 4.69) is 21.3 Å². The van der Waals surface area contributed by atoms with Gasteiger partial charge in [0, 0.05) is 49.8 Å². The first kappa shape index (κ1) is 22.3. The van der Waals surface area contributed by atoms with Gasteiger partial charge >= 0.3 is 0 Å². The molecule has 1 N–H and O–H groups in total. The van der Waals surface area contributed by atoms with Crippen LogP contribution in [-0.4, -0.2) is 46.9 Å². The molecule has 2 amide bonds. The number of hydrogen-bond acceptors (Lipinski definition) is 4. The molecule has 2 aromatic carbocycles. The van der Waals surface area contributed by atoms with Gasteiger partial charge in [0.1, 0.15) is 0 Å². The van der Waals surface area contributed by atoms with E-state index in [1.165, 1.54) is 5.56 Å². The van der Waals surface area contributed by atoms with Gasteiger partial charge in [-0.2, -0.15) is 0 Å². The third-order valence-electron chi connectivity index (χ3n) is 6.97. The molecule has 0 radical (unpaired) electrons. The minimum absolute atomic E-state index is 0.0164. The number of hydrogen-bond donors (Lipinski definition) is 1. The number of benzene rings is 2. The first-order chi connectivity index (χ1) is 16.6. The SMILES string of the molecule is Cc1ccc(CC(=O)NC[C@@H]2CC[C@@H]3CN(C(=O)c4cccnc4)c4ccccc4CN32)cc1. The number of para-hydroxylation sites is 1. The van der Waals surface area contributed by atoms with Crippen LogP contribution in [0.3, 0.4) is 0 Å². The van der Waals surface area contributed by atoms with Gasteiger partial charge in [-0.15, -0.1) is 0 Å². The molecule has 2 aliphatic rings. The Morgan fingerprint density at radius 2 is 1.85 bits per heavy atom. The number of aryl methyl sites for hydroxylation is 1. The van der Waals surface area contributed by atoms with E-state index in [4.69, 9.17) is 0 Å². The molecule has 174 valence electrons. The molecular weight excluding hydrogens is 424 g/mol. The summed E-state index contributed by atoms with van der Waals surface area (Å²) in [6.07, 6.45) is 5.72. The molecule has 1 fully saturated rings. The smallest absolute Gasteiger partial charge is 0.259 e. The molecule has 0 unspecified atom stereocenters. The van der Waals surface area contributed by atoms with Crippen molar-refractivity contribution in [3.05, 3.63) is 95.3 Å². The summed E-state index contributed by atoms with van der Waals surface area (Å²) in [5, 5.41) is 3.16. The van der Waals surface area contributed by atoms with E-state index < -0.39 is 0 Å². The average molecular weight is 455 g/mol. The highest BCUT2D eigenvalue weighted by molar-refractivity contribution is 6.06. The maximum atomic E-state index is 13.4. The number of carbonyl (C=O) groups excluding carboxylic acids is 2. The molecular formula is C28H30N4O2. The predicted octanol–water partition coefficient (Wildman–Crippen LogP) is 3.74. The monoisotopic (exact) mass is 454 g/mol. The van der Waals surface area contributed by atoms with Crippen LogP contribution < -0.4 is 10.2 Å². The number of amides is 2. The number of carbonyl (C=O) groups is 2. The maximum Gasteiger partial charge on any atom is 0.259 e. The van der Waals surface area contributed by atoms with E-state index in [0.29, 0.717) is 25.1 Å². The van der Waals surface area contributed by atoms with Gasteiger partial charge in [0.05, 0.1) is 12.0 Å². The third-order valence-corrected chi connectivity index (χ3v) is 6.97. The number of rotatable bonds is 5. The van der Waals surface area contributed by atoms with Gasteiger partial charge < -0.3 is 10.2 Å². The minimum atomic E-state index is -0.0164. The maximum absolute atomic E-state index is 13.4. The Morgan fingerprint density at radius 1 is 1.03 bits per heavy atom. The minimum Gasteiger partial charge on any atom is -0.354 e. The molecule has 0 saturated carbocycles. The van der Waals surface area contributed by atoms with Crippen molar-refractivity contribution >= 4 is 17.5 Å². The zero-order valence-electron chi connectivity index (χ0n) is 19.5. The number of anilines is 1. The molecule has 3 heterocycles. The van der Waals surface area contributed by atoms with E-state index in [-0.39, 0.29) is 23.9 Å². The summed E-state index contributed by atoms with van der Waals surface area (Å²) in [6.45, 7) is 4.08. The highest BCUT2D eigenvalue weighted by Gasteiger charge is 2.39. The number of aromatic nitrogens is 1. The molecule has 6 nitrogen and oxygen atoms in total. The summed E-state index contributed by atoms with van der Waals surface area (Å²) >= 11 is 0. The standard InChI is InChI=1S/C28H30N4O2/c1-20-8-10-21(11-9-20)15-27(33)30-17-24-12-13-25-19-32(28(34)22-6-4-14-29-16-22)26-7-3-2-5-23(26)18-31(24)25/h2-11,14,16,24-25H,12-13,15,17-19H2,1H3,(H,30,33)/t24-,25+/m0/s1. The molecule has 0 spiro atoms. The number of nitrogens with zero attached hydrogens (tertiary/aromatic N) is 3. The van der Waals surface area contributed by atoms with Gasteiger partial charge in [0.15, 0.2) is 0 Å². The average Bonchev–Trinajstić information content (AvgIpc) is 3.15. The van der Waals surface area contributed by atoms with Crippen molar-refractivity contribution in [1.29, 1.82) is 0 Å². The Labute approximate surface area is 200 Å². The molecule has 6 heteroatoms. The Morgan fingerprint density at radius 3 is 2.65 bits per heavy atom. The van der Waals surface area contributed by atoms with Crippen molar-refractivity contribution < 1.29 is 9.59 Å². The van der Waals surface area contributed by atoms with Crippen LogP contribution in [0.2, 0.25) is 0 Å². The van der Waals surface area contributed by atoms with Crippen LogP contribution in [0.15, 0.2) is 73.1 Å². The molecule has 34 heavy (non-hydrogen) atoms. The quantitative estimate of drug-likeness (QED) is 0.638. The lowest BCUT2D eigenvalue weighted by molar-refractivity contribution is -0.120. The van der Waals surface area contributed by atoms with Crippen LogP contribution in [0.25, 0.3) is 0 Å². The van der Waals surface area contributed by atoms with E-state index in [9.17, 15) is 9.59 Å². The molecule has 3 aromatic rings. The van der Waals surface area contributed by atoms with Crippen LogP contribution in [-0.2, 0) is 17.8 Å². The second-order valence-corrected chi connectivity index (χ2v) is 9.31. The van der Waals surface area contributed by atoms with Crippen LogP contribution in [0.4, 0.5) is 5.69 Å². The first-order valence-corrected chi connectivity index (χ1v) is 12.0. The fraction of sp³-hybridized carbons (Fsp3) is 0.321. The van der Waals surface area contributed by atoms with Crippen LogP contribution in [0.1, 0.15) is 39.9 Å². The second-order valence-electron chi connectivity index (χ2n) is 9.31. The van der Waals surface area contributed by atoms with Gasteiger partial charge in [0.2, 0.25) is 5.91 Å². The van der Waals surface area contributed by atoms with Crippen molar-refractivity contribution in [2.45, 2.75) is 44.8 Å². The van der Waals surface area contributed by atoms with E-state index in [0.717, 1.165) is 36.2 Å². The number of nitrogens with one attached hydrogen (secondary N) is 1. The Hall–Kier alpha value is -3.51. The lowest BCUT2D eigenvalue weighted by atomic mass is 10.1. The summed E-state index contributed by atoms with van der Waals surface area (Å²) in [4.78, 5) is 34.5. The summed E-state index contributed by atoms with van der Waals surface area (Å²) in [5.74, 6) is 0.0353. The van der Waals surface area contributed by atoms with Gasteiger partial charge in [0.25, 0.3) is 5.91 Å². The van der Waals surface area contributed by atoms with Crippen molar-refractivity contribution in [2.75, 3.05) is 18.0 Å². The molecule has 1 aromatic heterocycles. The molecule has 5 rings (SSSR count). The van der Waals surface area contributed by atoms with Gasteiger partial charge in [-0.25, -0.2) is 0 Å². The summed E-state index contributed by atoms with van der Waals surface area (Å²) < 4.78 is 0. The number of pyridine rings is 1. The number of fused-ring (bicyclic) bond motifs is 2. The summed E-state index contributed by atoms with van der Waals surface area (Å²) in [6, 6.07) is 20.4. The molecule has 2 atom stereocenters. The van der Waals surface area contributed by atoms with Crippen LogP contribution in [0.5, 0.6) is 0 Å². The van der Waals surface area contributed by atoms with Crippen molar-refractivity contribution in [3.8, 4) is 0 Å². The topological polar surface area (TPSA) is 65.5 Å². The van der Waals surface area contributed by atoms with Crippen molar-refractivity contribution in [2.24, 2.45) is 0 Å². The largest absolute Gasteiger partial charge is 0.354 e. The lowest BCUT2D eigenvalue weighted by Gasteiger charge is -2.29. The van der Waals surface area contributed by atoms with Crippen LogP contribution in [0, 0.1) is 6.92 Å². The second kappa shape index (κ2) is 9.77. The van der Waals surface area contributed by atoms with E-state index in [1.807, 2.05) is 60.4 Å². The fourth-order valence-corrected chi connectivity index (χ4v) is 5.12. The molecule has 1 saturated heterocycles. The van der Waals surface area contributed by atoms with E-state index >= 15 is 0 Å². The van der Waals surface area contributed by atoms with Gasteiger partial charge in [-0.3, -0.25) is 19.5 Å². The van der Waals surface area contributed by atoms with Crippen molar-refractivity contribution in [1.82, 2.24) is 15.2 Å². The summed E-state index contributed by atoms with van der Waals surface area (Å²) in [7, 11) is 0. The zero-order valence-corrected chi connectivity index (χ0v) is 19.5. The predicted molar refractivity (Wildman–Crippen MR) is 133 cm³/mol. The third kappa shape index (κ3) is 4.73. The van der Waals surface area contributed by atoms with Gasteiger partial charge in [-0.1, -0.05) is 48.0 Å². The highest BCUT2D eigenvalue weighted by Crippen LogP contribution is 2.35. The molecule has 0 bridgehead atoms.